The van der Waals surface area contributed by atoms with Crippen molar-refractivity contribution in [3.63, 3.8) is 0 Å². The zero-order valence-corrected chi connectivity index (χ0v) is 12.9. The van der Waals surface area contributed by atoms with E-state index in [1.165, 1.54) is 0 Å². The molecule has 1 unspecified atom stereocenters. The molecule has 4 nitrogen and oxygen atoms in total. The third-order valence-corrected chi connectivity index (χ3v) is 4.40. The summed E-state index contributed by atoms with van der Waals surface area (Å²) in [5.41, 5.74) is 6.83. The van der Waals surface area contributed by atoms with E-state index in [-0.39, 0.29) is 5.91 Å². The molecule has 1 atom stereocenters. The van der Waals surface area contributed by atoms with Gasteiger partial charge < -0.3 is 10.6 Å². The van der Waals surface area contributed by atoms with E-state index in [1.54, 1.807) is 18.2 Å². The molecule has 0 aromatic heterocycles. The van der Waals surface area contributed by atoms with Crippen molar-refractivity contribution in [1.82, 2.24) is 9.80 Å². The Morgan fingerprint density at radius 1 is 1.35 bits per heavy atom. The number of nitrogen functional groups attached to an aromatic ring is 1. The van der Waals surface area contributed by atoms with Crippen LogP contribution in [0.3, 0.4) is 0 Å². The summed E-state index contributed by atoms with van der Waals surface area (Å²) in [5.74, 6) is 0.0390. The van der Waals surface area contributed by atoms with Crippen LogP contribution in [0.4, 0.5) is 5.69 Å². The molecule has 20 heavy (non-hydrogen) atoms. The van der Waals surface area contributed by atoms with Crippen molar-refractivity contribution in [2.75, 3.05) is 31.9 Å². The van der Waals surface area contributed by atoms with Crippen LogP contribution >= 0.6 is 11.6 Å². The van der Waals surface area contributed by atoms with Gasteiger partial charge in [0.25, 0.3) is 5.91 Å². The molecule has 2 rings (SSSR count). The summed E-state index contributed by atoms with van der Waals surface area (Å²) < 4.78 is 0. The van der Waals surface area contributed by atoms with Crippen LogP contribution in [0.2, 0.25) is 5.02 Å². The summed E-state index contributed by atoms with van der Waals surface area (Å²) in [6, 6.07) is 5.66. The first-order valence-electron chi connectivity index (χ1n) is 7.11. The summed E-state index contributed by atoms with van der Waals surface area (Å²) in [6.45, 7) is 7.83. The van der Waals surface area contributed by atoms with Gasteiger partial charge in [-0.05, 0) is 31.5 Å². The van der Waals surface area contributed by atoms with Crippen LogP contribution in [0.1, 0.15) is 30.6 Å². The van der Waals surface area contributed by atoms with Gasteiger partial charge >= 0.3 is 0 Å². The predicted molar refractivity (Wildman–Crippen MR) is 83.1 cm³/mol. The Bertz CT molecular complexity index is 484. The molecule has 1 fully saturated rings. The van der Waals surface area contributed by atoms with Gasteiger partial charge in [-0.3, -0.25) is 9.69 Å². The standard InChI is InChI=1S/C15H22ClN3O/c1-3-11(2)18-6-8-19(9-7-18)15(20)12-4-5-13(16)14(17)10-12/h4-5,10-11H,3,6-9,17H2,1-2H3. The number of nitrogens with zero attached hydrogens (tertiary/aromatic N) is 2. The fraction of sp³-hybridized carbons (Fsp3) is 0.533. The summed E-state index contributed by atoms with van der Waals surface area (Å²) in [6.07, 6.45) is 1.14. The molecule has 0 aliphatic carbocycles. The van der Waals surface area contributed by atoms with E-state index >= 15 is 0 Å². The lowest BCUT2D eigenvalue weighted by Gasteiger charge is -2.37. The van der Waals surface area contributed by atoms with Gasteiger partial charge in [0.05, 0.1) is 10.7 Å². The maximum Gasteiger partial charge on any atom is 0.254 e. The maximum atomic E-state index is 12.4. The quantitative estimate of drug-likeness (QED) is 0.872. The third kappa shape index (κ3) is 3.25. The van der Waals surface area contributed by atoms with Crippen molar-refractivity contribution in [1.29, 1.82) is 0 Å². The highest BCUT2D eigenvalue weighted by Crippen LogP contribution is 2.21. The molecule has 1 heterocycles. The number of hydrogen-bond acceptors (Lipinski definition) is 3. The molecule has 110 valence electrons. The first-order valence-corrected chi connectivity index (χ1v) is 7.49. The number of carbonyl (C=O) groups excluding carboxylic acids is 1. The van der Waals surface area contributed by atoms with E-state index in [0.717, 1.165) is 32.6 Å². The van der Waals surface area contributed by atoms with E-state index in [4.69, 9.17) is 17.3 Å². The second kappa shape index (κ2) is 6.46. The molecule has 1 aliphatic rings. The number of hydrogen-bond donors (Lipinski definition) is 1. The summed E-state index contributed by atoms with van der Waals surface area (Å²) in [7, 11) is 0. The summed E-state index contributed by atoms with van der Waals surface area (Å²) in [4.78, 5) is 16.7. The fourth-order valence-corrected chi connectivity index (χ4v) is 2.60. The van der Waals surface area contributed by atoms with Crippen LogP contribution in [-0.2, 0) is 0 Å². The molecular weight excluding hydrogens is 274 g/mol. The second-order valence-electron chi connectivity index (χ2n) is 5.32. The molecule has 1 aromatic rings. The first kappa shape index (κ1) is 15.1. The SMILES string of the molecule is CCC(C)N1CCN(C(=O)c2ccc(Cl)c(N)c2)CC1. The molecule has 0 radical (unpaired) electrons. The molecule has 0 spiro atoms. The number of anilines is 1. The van der Waals surface area contributed by atoms with Crippen LogP contribution in [0.15, 0.2) is 18.2 Å². The number of nitrogens with two attached hydrogens (primary N) is 1. The molecule has 0 bridgehead atoms. The van der Waals surface area contributed by atoms with Gasteiger partial charge in [0.1, 0.15) is 0 Å². The Labute approximate surface area is 125 Å². The lowest BCUT2D eigenvalue weighted by molar-refractivity contribution is 0.0580. The van der Waals surface area contributed by atoms with Gasteiger partial charge in [0.2, 0.25) is 0 Å². The van der Waals surface area contributed by atoms with Gasteiger partial charge in [0.15, 0.2) is 0 Å². The topological polar surface area (TPSA) is 49.6 Å². The smallest absolute Gasteiger partial charge is 0.254 e. The van der Waals surface area contributed by atoms with E-state index < -0.39 is 0 Å². The largest absolute Gasteiger partial charge is 0.398 e. The van der Waals surface area contributed by atoms with E-state index in [0.29, 0.717) is 22.3 Å². The molecule has 1 aliphatic heterocycles. The average molecular weight is 296 g/mol. The maximum absolute atomic E-state index is 12.4. The summed E-state index contributed by atoms with van der Waals surface area (Å²) in [5, 5.41) is 0.489. The van der Waals surface area contributed by atoms with E-state index in [9.17, 15) is 4.79 Å². The van der Waals surface area contributed by atoms with E-state index in [1.807, 2.05) is 4.90 Å². The minimum absolute atomic E-state index is 0.0390. The number of carbonyl (C=O) groups is 1. The van der Waals surface area contributed by atoms with Crippen LogP contribution in [0.25, 0.3) is 0 Å². The van der Waals surface area contributed by atoms with Crippen molar-refractivity contribution in [2.24, 2.45) is 0 Å². The molecular formula is C15H22ClN3O. The minimum atomic E-state index is 0.0390. The molecule has 1 aromatic carbocycles. The van der Waals surface area contributed by atoms with Gasteiger partial charge in [0, 0.05) is 37.8 Å². The zero-order chi connectivity index (χ0) is 14.7. The molecule has 5 heteroatoms. The zero-order valence-electron chi connectivity index (χ0n) is 12.1. The Morgan fingerprint density at radius 3 is 2.55 bits per heavy atom. The number of piperazine rings is 1. The lowest BCUT2D eigenvalue weighted by Crippen LogP contribution is -2.51. The van der Waals surface area contributed by atoms with Gasteiger partial charge in [-0.25, -0.2) is 0 Å². The fourth-order valence-electron chi connectivity index (χ4n) is 2.48. The molecule has 1 amide bonds. The number of rotatable bonds is 3. The monoisotopic (exact) mass is 295 g/mol. The van der Waals surface area contributed by atoms with Crippen molar-refractivity contribution < 1.29 is 4.79 Å². The lowest BCUT2D eigenvalue weighted by atomic mass is 10.1. The van der Waals surface area contributed by atoms with Crippen LogP contribution in [-0.4, -0.2) is 47.9 Å². The number of benzene rings is 1. The van der Waals surface area contributed by atoms with Crippen LogP contribution in [0.5, 0.6) is 0 Å². The molecule has 1 saturated heterocycles. The number of amides is 1. The predicted octanol–water partition coefficient (Wildman–Crippen LogP) is 2.48. The highest BCUT2D eigenvalue weighted by molar-refractivity contribution is 6.33. The molecule has 2 N–H and O–H groups in total. The Morgan fingerprint density at radius 2 is 2.00 bits per heavy atom. The summed E-state index contributed by atoms with van der Waals surface area (Å²) >= 11 is 5.88. The minimum Gasteiger partial charge on any atom is -0.398 e. The average Bonchev–Trinajstić information content (AvgIpc) is 2.48. The van der Waals surface area contributed by atoms with Gasteiger partial charge in [-0.1, -0.05) is 18.5 Å². The molecule has 0 saturated carbocycles. The van der Waals surface area contributed by atoms with Crippen LogP contribution < -0.4 is 5.73 Å². The van der Waals surface area contributed by atoms with Gasteiger partial charge in [-0.2, -0.15) is 0 Å². The Balaban J connectivity index is 1.99. The Hall–Kier alpha value is -1.26. The van der Waals surface area contributed by atoms with Crippen molar-refractivity contribution >= 4 is 23.2 Å². The van der Waals surface area contributed by atoms with Crippen LogP contribution in [0, 0.1) is 0 Å². The Kier molecular flexibility index (Phi) is 4.89. The highest BCUT2D eigenvalue weighted by atomic mass is 35.5. The highest BCUT2D eigenvalue weighted by Gasteiger charge is 2.24. The van der Waals surface area contributed by atoms with Gasteiger partial charge in [-0.15, -0.1) is 0 Å². The van der Waals surface area contributed by atoms with Crippen molar-refractivity contribution in [3.8, 4) is 0 Å². The van der Waals surface area contributed by atoms with Crippen molar-refractivity contribution in [3.05, 3.63) is 28.8 Å². The van der Waals surface area contributed by atoms with E-state index in [2.05, 4.69) is 18.7 Å². The van der Waals surface area contributed by atoms with Crippen molar-refractivity contribution in [2.45, 2.75) is 26.3 Å². The normalized spacial score (nSPS) is 18.1. The first-order chi connectivity index (χ1) is 9.52. The second-order valence-corrected chi connectivity index (χ2v) is 5.73. The number of halogens is 1. The third-order valence-electron chi connectivity index (χ3n) is 4.06.